The third kappa shape index (κ3) is 3.20. The van der Waals surface area contributed by atoms with E-state index in [1.54, 1.807) is 20.3 Å². The van der Waals surface area contributed by atoms with Gasteiger partial charge in [0.2, 0.25) is 0 Å². The molecule has 2 aromatic rings. The van der Waals surface area contributed by atoms with E-state index in [0.29, 0.717) is 17.9 Å². The molecule has 1 aliphatic rings. The Bertz CT molecular complexity index is 896. The predicted molar refractivity (Wildman–Crippen MR) is 97.1 cm³/mol. The lowest BCUT2D eigenvalue weighted by Gasteiger charge is -2.19. The summed E-state index contributed by atoms with van der Waals surface area (Å²) in [5, 5.41) is 0. The van der Waals surface area contributed by atoms with Gasteiger partial charge in [-0.05, 0) is 48.3 Å². The van der Waals surface area contributed by atoms with Crippen LogP contribution in [0.5, 0.6) is 5.75 Å². The van der Waals surface area contributed by atoms with Crippen molar-refractivity contribution in [3.63, 3.8) is 0 Å². The van der Waals surface area contributed by atoms with Crippen molar-refractivity contribution in [2.75, 3.05) is 20.8 Å². The van der Waals surface area contributed by atoms with E-state index >= 15 is 0 Å². The number of H-pyrrole nitrogens is 1. The van der Waals surface area contributed by atoms with E-state index in [1.165, 1.54) is 5.56 Å². The molecule has 1 heterocycles. The van der Waals surface area contributed by atoms with Gasteiger partial charge in [-0.25, -0.2) is 0 Å². The number of aromatic amines is 1. The van der Waals surface area contributed by atoms with E-state index in [1.807, 2.05) is 4.57 Å². The zero-order valence-corrected chi connectivity index (χ0v) is 14.6. The van der Waals surface area contributed by atoms with Gasteiger partial charge in [-0.15, -0.1) is 0 Å². The fraction of sp³-hybridized carbons (Fsp3) is 0.333. The van der Waals surface area contributed by atoms with E-state index < -0.39 is 0 Å². The van der Waals surface area contributed by atoms with Gasteiger partial charge in [-0.1, -0.05) is 12.2 Å². The number of hydrogen-bond acceptors (Lipinski definition) is 4. The molecule has 0 spiro atoms. The van der Waals surface area contributed by atoms with Gasteiger partial charge in [0.15, 0.2) is 4.77 Å². The van der Waals surface area contributed by atoms with Crippen LogP contribution in [0.4, 0.5) is 0 Å². The molecule has 0 radical (unpaired) electrons. The summed E-state index contributed by atoms with van der Waals surface area (Å²) >= 11 is 5.34. The van der Waals surface area contributed by atoms with Crippen molar-refractivity contribution in [3.8, 4) is 17.0 Å². The van der Waals surface area contributed by atoms with Gasteiger partial charge in [0, 0.05) is 25.3 Å². The number of nitrogens with zero attached hydrogens (tertiary/aromatic N) is 1. The van der Waals surface area contributed by atoms with Crippen LogP contribution in [0, 0.1) is 4.77 Å². The second kappa shape index (κ2) is 7.15. The molecule has 0 saturated carbocycles. The van der Waals surface area contributed by atoms with Crippen LogP contribution in [0.2, 0.25) is 0 Å². The summed E-state index contributed by atoms with van der Waals surface area (Å²) in [5.74, 6) is 0.746. The van der Waals surface area contributed by atoms with Crippen molar-refractivity contribution in [1.29, 1.82) is 0 Å². The molecule has 0 saturated heterocycles. The fourth-order valence-corrected chi connectivity index (χ4v) is 3.27. The third-order valence-corrected chi connectivity index (χ3v) is 4.49. The SMILES string of the molecule is COCCn1c(-c2cc3c(cc2OC)CCC=C3)cc(=O)[nH]c1=S. The Kier molecular flexibility index (Phi) is 4.97. The first-order chi connectivity index (χ1) is 11.6. The lowest BCUT2D eigenvalue weighted by atomic mass is 9.93. The Morgan fingerprint density at radius 3 is 2.88 bits per heavy atom. The maximum Gasteiger partial charge on any atom is 0.252 e. The van der Waals surface area contributed by atoms with Crippen LogP contribution in [-0.2, 0) is 17.7 Å². The monoisotopic (exact) mass is 344 g/mol. The Balaban J connectivity index is 2.23. The number of methoxy groups -OCH3 is 2. The summed E-state index contributed by atoms with van der Waals surface area (Å²) in [5.41, 5.74) is 3.78. The van der Waals surface area contributed by atoms with Crippen LogP contribution in [0.25, 0.3) is 17.3 Å². The highest BCUT2D eigenvalue weighted by Gasteiger charge is 2.16. The van der Waals surface area contributed by atoms with Gasteiger partial charge >= 0.3 is 0 Å². The maximum atomic E-state index is 12.0. The zero-order chi connectivity index (χ0) is 17.1. The lowest BCUT2D eigenvalue weighted by Crippen LogP contribution is -2.17. The number of ether oxygens (including phenoxy) is 2. The Morgan fingerprint density at radius 1 is 1.29 bits per heavy atom. The number of allylic oxidation sites excluding steroid dienone is 1. The van der Waals surface area contributed by atoms with Crippen LogP contribution in [0.3, 0.4) is 0 Å². The van der Waals surface area contributed by atoms with Crippen molar-refractivity contribution in [1.82, 2.24) is 9.55 Å². The first kappa shape index (κ1) is 16.7. The minimum atomic E-state index is -0.223. The van der Waals surface area contributed by atoms with Crippen molar-refractivity contribution < 1.29 is 9.47 Å². The quantitative estimate of drug-likeness (QED) is 0.847. The molecule has 5 nitrogen and oxygen atoms in total. The second-order valence-electron chi connectivity index (χ2n) is 5.66. The highest BCUT2D eigenvalue weighted by molar-refractivity contribution is 7.71. The number of benzene rings is 1. The summed E-state index contributed by atoms with van der Waals surface area (Å²) in [7, 11) is 3.28. The van der Waals surface area contributed by atoms with Crippen molar-refractivity contribution in [2.24, 2.45) is 0 Å². The summed E-state index contributed by atoms with van der Waals surface area (Å²) in [4.78, 5) is 14.6. The number of nitrogens with one attached hydrogen (secondary N) is 1. The van der Waals surface area contributed by atoms with Crippen LogP contribution < -0.4 is 10.3 Å². The van der Waals surface area contributed by atoms with E-state index in [2.05, 4.69) is 29.3 Å². The first-order valence-electron chi connectivity index (χ1n) is 7.85. The molecule has 1 aliphatic carbocycles. The fourth-order valence-electron chi connectivity index (χ4n) is 2.98. The molecule has 126 valence electrons. The topological polar surface area (TPSA) is 56.2 Å². The van der Waals surface area contributed by atoms with E-state index in [4.69, 9.17) is 21.7 Å². The molecule has 1 aromatic carbocycles. The van der Waals surface area contributed by atoms with Crippen molar-refractivity contribution >= 4 is 18.3 Å². The standard InChI is InChI=1S/C18H20N2O3S/c1-22-8-7-20-15(11-17(21)19-18(20)24)14-9-12-5-3-4-6-13(12)10-16(14)23-2/h3,5,9-11H,4,6-8H2,1-2H3,(H,19,21,24). The van der Waals surface area contributed by atoms with E-state index in [0.717, 1.165) is 35.4 Å². The summed E-state index contributed by atoms with van der Waals surface area (Å²) in [6.45, 7) is 1.05. The molecule has 6 heteroatoms. The Hall–Kier alpha value is -2.18. The van der Waals surface area contributed by atoms with Crippen LogP contribution in [0.1, 0.15) is 17.5 Å². The Morgan fingerprint density at radius 2 is 2.12 bits per heavy atom. The largest absolute Gasteiger partial charge is 0.496 e. The van der Waals surface area contributed by atoms with Gasteiger partial charge in [-0.2, -0.15) is 0 Å². The van der Waals surface area contributed by atoms with Crippen molar-refractivity contribution in [3.05, 3.63) is 50.5 Å². The number of hydrogen-bond donors (Lipinski definition) is 1. The third-order valence-electron chi connectivity index (χ3n) is 4.17. The highest BCUT2D eigenvalue weighted by atomic mass is 32.1. The van der Waals surface area contributed by atoms with Crippen LogP contribution >= 0.6 is 12.2 Å². The number of aryl methyl sites for hydroxylation is 1. The predicted octanol–water partition coefficient (Wildman–Crippen LogP) is 3.19. The lowest BCUT2D eigenvalue weighted by molar-refractivity contribution is 0.186. The average molecular weight is 344 g/mol. The molecule has 0 fully saturated rings. The highest BCUT2D eigenvalue weighted by Crippen LogP contribution is 2.34. The molecule has 3 rings (SSSR count). The summed E-state index contributed by atoms with van der Waals surface area (Å²) in [6.07, 6.45) is 6.30. The molecule has 0 aliphatic heterocycles. The first-order valence-corrected chi connectivity index (χ1v) is 8.26. The van der Waals surface area contributed by atoms with Crippen LogP contribution in [-0.4, -0.2) is 30.4 Å². The van der Waals surface area contributed by atoms with Gasteiger partial charge < -0.3 is 14.0 Å². The Labute approximate surface area is 145 Å². The second-order valence-corrected chi connectivity index (χ2v) is 6.05. The van der Waals surface area contributed by atoms with Gasteiger partial charge in [0.25, 0.3) is 5.56 Å². The van der Waals surface area contributed by atoms with E-state index in [9.17, 15) is 4.79 Å². The number of aromatic nitrogens is 2. The molecule has 1 aromatic heterocycles. The maximum absolute atomic E-state index is 12.0. The molecule has 24 heavy (non-hydrogen) atoms. The minimum absolute atomic E-state index is 0.223. The summed E-state index contributed by atoms with van der Waals surface area (Å²) < 4.78 is 13.0. The van der Waals surface area contributed by atoms with Gasteiger partial charge in [-0.3, -0.25) is 9.78 Å². The molecule has 0 unspecified atom stereocenters. The minimum Gasteiger partial charge on any atom is -0.496 e. The van der Waals surface area contributed by atoms with Crippen LogP contribution in [0.15, 0.2) is 29.1 Å². The van der Waals surface area contributed by atoms with Gasteiger partial charge in [0.05, 0.1) is 19.4 Å². The van der Waals surface area contributed by atoms with Crippen molar-refractivity contribution in [2.45, 2.75) is 19.4 Å². The smallest absolute Gasteiger partial charge is 0.252 e. The van der Waals surface area contributed by atoms with E-state index in [-0.39, 0.29) is 5.56 Å². The molecule has 1 N–H and O–H groups in total. The molecule has 0 atom stereocenters. The average Bonchev–Trinajstić information content (AvgIpc) is 2.59. The summed E-state index contributed by atoms with van der Waals surface area (Å²) in [6, 6.07) is 5.68. The number of rotatable bonds is 5. The molecular weight excluding hydrogens is 324 g/mol. The zero-order valence-electron chi connectivity index (χ0n) is 13.8. The normalized spacial score (nSPS) is 12.9. The van der Waals surface area contributed by atoms with Gasteiger partial charge in [0.1, 0.15) is 5.75 Å². The molecule has 0 bridgehead atoms. The number of fused-ring (bicyclic) bond motifs is 1. The molecular formula is C18H20N2O3S. The molecule has 0 amide bonds.